The topological polar surface area (TPSA) is 38.0 Å². The molecule has 0 aromatic heterocycles. The number of nitrogen functional groups attached to an aromatic ring is 1. The molecule has 70 valence electrons. The number of anilines is 1. The van der Waals surface area contributed by atoms with Gasteiger partial charge >= 0.3 is 0 Å². The van der Waals surface area contributed by atoms with E-state index in [0.717, 1.165) is 17.8 Å². The Kier molecular flexibility index (Phi) is 3.80. The zero-order valence-corrected chi connectivity index (χ0v) is 8.14. The summed E-state index contributed by atoms with van der Waals surface area (Å²) in [5, 5.41) is 3.74. The van der Waals surface area contributed by atoms with Crippen LogP contribution in [-0.2, 0) is 6.54 Å². The minimum absolute atomic E-state index is 0.606. The molecular weight excluding hydrogens is 184 g/mol. The summed E-state index contributed by atoms with van der Waals surface area (Å²) in [4.78, 5) is 0. The van der Waals surface area contributed by atoms with Gasteiger partial charge in [-0.2, -0.15) is 0 Å². The van der Waals surface area contributed by atoms with Crippen LogP contribution in [0, 0.1) is 0 Å². The normalized spacial score (nSPS) is 9.92. The molecule has 0 fully saturated rings. The van der Waals surface area contributed by atoms with Gasteiger partial charge in [0.2, 0.25) is 0 Å². The van der Waals surface area contributed by atoms with Crippen molar-refractivity contribution in [1.29, 1.82) is 0 Å². The van der Waals surface area contributed by atoms with Crippen molar-refractivity contribution in [1.82, 2.24) is 5.32 Å². The first-order valence-electron chi connectivity index (χ1n) is 4.07. The van der Waals surface area contributed by atoms with Crippen LogP contribution in [-0.4, -0.2) is 6.54 Å². The smallest absolute Gasteiger partial charge is 0.0359 e. The number of nitrogens with two attached hydrogens (primary N) is 1. The largest absolute Gasteiger partial charge is 0.398 e. The van der Waals surface area contributed by atoms with E-state index >= 15 is 0 Å². The van der Waals surface area contributed by atoms with Crippen LogP contribution in [0.5, 0.6) is 0 Å². The molecule has 0 aliphatic carbocycles. The summed E-state index contributed by atoms with van der Waals surface area (Å²) in [7, 11) is 0. The molecule has 1 aromatic rings. The Morgan fingerprint density at radius 3 is 2.77 bits per heavy atom. The second-order valence-electron chi connectivity index (χ2n) is 2.82. The highest BCUT2D eigenvalue weighted by molar-refractivity contribution is 6.29. The molecule has 0 radical (unpaired) electrons. The van der Waals surface area contributed by atoms with Crippen molar-refractivity contribution in [2.45, 2.75) is 6.54 Å². The summed E-state index contributed by atoms with van der Waals surface area (Å²) >= 11 is 5.60. The van der Waals surface area contributed by atoms with Crippen LogP contribution in [0.1, 0.15) is 5.56 Å². The highest BCUT2D eigenvalue weighted by Gasteiger charge is 1.96. The third-order valence-electron chi connectivity index (χ3n) is 1.69. The first-order valence-corrected chi connectivity index (χ1v) is 4.45. The maximum atomic E-state index is 5.74. The molecule has 0 saturated carbocycles. The highest BCUT2D eigenvalue weighted by Crippen LogP contribution is 2.09. The third-order valence-corrected chi connectivity index (χ3v) is 1.82. The van der Waals surface area contributed by atoms with Gasteiger partial charge in [-0.25, -0.2) is 0 Å². The molecule has 3 N–H and O–H groups in total. The monoisotopic (exact) mass is 196 g/mol. The summed E-state index contributed by atoms with van der Waals surface area (Å²) < 4.78 is 0. The summed E-state index contributed by atoms with van der Waals surface area (Å²) in [5.41, 5.74) is 7.63. The van der Waals surface area contributed by atoms with Gasteiger partial charge in [0.05, 0.1) is 0 Å². The van der Waals surface area contributed by atoms with Crippen molar-refractivity contribution in [2.24, 2.45) is 0 Å². The maximum Gasteiger partial charge on any atom is 0.0359 e. The Morgan fingerprint density at radius 1 is 1.46 bits per heavy atom. The van der Waals surface area contributed by atoms with Crippen molar-refractivity contribution in [2.75, 3.05) is 12.3 Å². The third kappa shape index (κ3) is 3.49. The van der Waals surface area contributed by atoms with E-state index in [9.17, 15) is 0 Å². The zero-order valence-electron chi connectivity index (χ0n) is 7.39. The molecule has 0 heterocycles. The molecule has 0 saturated heterocycles. The fraction of sp³-hybridized carbons (Fsp3) is 0.200. The molecule has 0 aliphatic heterocycles. The lowest BCUT2D eigenvalue weighted by Crippen LogP contribution is -2.15. The maximum absolute atomic E-state index is 5.74. The van der Waals surface area contributed by atoms with Crippen LogP contribution in [0.4, 0.5) is 5.69 Å². The van der Waals surface area contributed by atoms with E-state index in [2.05, 4.69) is 11.9 Å². The fourth-order valence-electron chi connectivity index (χ4n) is 1.03. The van der Waals surface area contributed by atoms with E-state index in [1.165, 1.54) is 0 Å². The first-order chi connectivity index (χ1) is 6.20. The molecular formula is C10H13ClN2. The molecule has 2 nitrogen and oxygen atoms in total. The SMILES string of the molecule is C=C(Cl)CNCc1ccccc1N. The predicted molar refractivity (Wildman–Crippen MR) is 57.6 cm³/mol. The summed E-state index contributed by atoms with van der Waals surface area (Å²) in [5.74, 6) is 0. The Morgan fingerprint density at radius 2 is 2.15 bits per heavy atom. The molecule has 3 heteroatoms. The van der Waals surface area contributed by atoms with Crippen molar-refractivity contribution in [3.05, 3.63) is 41.4 Å². The molecule has 0 spiro atoms. The molecule has 0 amide bonds. The van der Waals surface area contributed by atoms with Crippen molar-refractivity contribution >= 4 is 17.3 Å². The van der Waals surface area contributed by atoms with Gasteiger partial charge in [-0.15, -0.1) is 0 Å². The van der Waals surface area contributed by atoms with Gasteiger partial charge in [-0.1, -0.05) is 36.4 Å². The molecule has 0 aliphatic rings. The van der Waals surface area contributed by atoms with Crippen molar-refractivity contribution in [3.63, 3.8) is 0 Å². The lowest BCUT2D eigenvalue weighted by molar-refractivity contribution is 0.756. The Bertz CT molecular complexity index is 297. The molecule has 1 aromatic carbocycles. The van der Waals surface area contributed by atoms with Gasteiger partial charge in [-0.3, -0.25) is 0 Å². The fourth-order valence-corrected chi connectivity index (χ4v) is 1.12. The molecule has 1 rings (SSSR count). The molecule has 0 bridgehead atoms. The van der Waals surface area contributed by atoms with Crippen LogP contribution in [0.3, 0.4) is 0 Å². The average molecular weight is 197 g/mol. The van der Waals surface area contributed by atoms with Gasteiger partial charge in [0.15, 0.2) is 0 Å². The van der Waals surface area contributed by atoms with Crippen LogP contribution in [0.15, 0.2) is 35.9 Å². The first kappa shape index (κ1) is 10.1. The lowest BCUT2D eigenvalue weighted by atomic mass is 10.2. The van der Waals surface area contributed by atoms with E-state index in [4.69, 9.17) is 17.3 Å². The lowest BCUT2D eigenvalue weighted by Gasteiger charge is -2.05. The molecule has 0 unspecified atom stereocenters. The quantitative estimate of drug-likeness (QED) is 0.724. The Balaban J connectivity index is 2.45. The van der Waals surface area contributed by atoms with E-state index in [1.54, 1.807) is 0 Å². The standard InChI is InChI=1S/C10H13ClN2/c1-8(11)6-13-7-9-4-2-3-5-10(9)12/h2-5,13H,1,6-7,12H2. The van der Waals surface area contributed by atoms with E-state index < -0.39 is 0 Å². The zero-order chi connectivity index (χ0) is 9.68. The second kappa shape index (κ2) is 4.90. The minimum atomic E-state index is 0.606. The number of nitrogens with one attached hydrogen (secondary N) is 1. The van der Waals surface area contributed by atoms with Crippen molar-refractivity contribution < 1.29 is 0 Å². The van der Waals surface area contributed by atoms with Crippen LogP contribution in [0.25, 0.3) is 0 Å². The van der Waals surface area contributed by atoms with Crippen LogP contribution in [0.2, 0.25) is 0 Å². The average Bonchev–Trinajstić information content (AvgIpc) is 2.08. The number of para-hydroxylation sites is 1. The number of halogens is 1. The summed E-state index contributed by atoms with van der Waals surface area (Å²) in [6, 6.07) is 7.74. The Labute approximate surface area is 83.4 Å². The minimum Gasteiger partial charge on any atom is -0.398 e. The summed E-state index contributed by atoms with van der Waals surface area (Å²) in [6.45, 7) is 4.91. The van der Waals surface area contributed by atoms with Gasteiger partial charge in [0.1, 0.15) is 0 Å². The Hall–Kier alpha value is -0.990. The van der Waals surface area contributed by atoms with Gasteiger partial charge in [0.25, 0.3) is 0 Å². The number of hydrogen-bond donors (Lipinski definition) is 2. The molecule has 13 heavy (non-hydrogen) atoms. The predicted octanol–water partition coefficient (Wildman–Crippen LogP) is 2.11. The van der Waals surface area contributed by atoms with Gasteiger partial charge in [-0.05, 0) is 11.6 Å². The van der Waals surface area contributed by atoms with Crippen LogP contribution < -0.4 is 11.1 Å². The number of benzene rings is 1. The van der Waals surface area contributed by atoms with Crippen molar-refractivity contribution in [3.8, 4) is 0 Å². The molecule has 0 atom stereocenters. The number of hydrogen-bond acceptors (Lipinski definition) is 2. The van der Waals surface area contributed by atoms with E-state index in [-0.39, 0.29) is 0 Å². The van der Waals surface area contributed by atoms with Gasteiger partial charge < -0.3 is 11.1 Å². The van der Waals surface area contributed by atoms with Gasteiger partial charge in [0, 0.05) is 23.8 Å². The summed E-state index contributed by atoms with van der Waals surface area (Å²) in [6.07, 6.45) is 0. The number of rotatable bonds is 4. The van der Waals surface area contributed by atoms with Crippen LogP contribution >= 0.6 is 11.6 Å². The highest BCUT2D eigenvalue weighted by atomic mass is 35.5. The second-order valence-corrected chi connectivity index (χ2v) is 3.35. The van der Waals surface area contributed by atoms with E-state index in [1.807, 2.05) is 24.3 Å². The van der Waals surface area contributed by atoms with E-state index in [0.29, 0.717) is 11.6 Å².